The van der Waals surface area contributed by atoms with Crippen molar-refractivity contribution in [3.63, 3.8) is 0 Å². The van der Waals surface area contributed by atoms with Crippen LogP contribution in [0.15, 0.2) is 29.1 Å². The van der Waals surface area contributed by atoms with Crippen LogP contribution in [-0.2, 0) is 4.74 Å². The average Bonchev–Trinajstić information content (AvgIpc) is 2.81. The fraction of sp³-hybridized carbons (Fsp3) is 0.250. The van der Waals surface area contributed by atoms with Gasteiger partial charge in [0.2, 0.25) is 5.82 Å². The Labute approximate surface area is 108 Å². The van der Waals surface area contributed by atoms with Crippen LogP contribution in [0, 0.1) is 0 Å². The first-order valence-electron chi connectivity index (χ1n) is 5.66. The molecule has 2 rings (SSSR count). The monoisotopic (exact) mass is 263 g/mol. The van der Waals surface area contributed by atoms with E-state index >= 15 is 0 Å². The number of carbonyl (C=O) groups excluding carboxylic acids is 1. The summed E-state index contributed by atoms with van der Waals surface area (Å²) in [6, 6.07) is 6.72. The summed E-state index contributed by atoms with van der Waals surface area (Å²) in [5, 5.41) is 3.89. The van der Waals surface area contributed by atoms with Crippen molar-refractivity contribution < 1.29 is 14.3 Å². The highest BCUT2D eigenvalue weighted by molar-refractivity contribution is 5.84. The van der Waals surface area contributed by atoms with Gasteiger partial charge in [-0.05, 0) is 31.2 Å². The molecule has 1 aromatic carbocycles. The van der Waals surface area contributed by atoms with E-state index in [0.29, 0.717) is 11.4 Å². The Morgan fingerprint density at radius 2 is 2.05 bits per heavy atom. The summed E-state index contributed by atoms with van der Waals surface area (Å²) < 4.78 is 10.9. The van der Waals surface area contributed by atoms with Crippen LogP contribution < -0.4 is 10.4 Å². The summed E-state index contributed by atoms with van der Waals surface area (Å²) in [4.78, 5) is 25.5. The van der Waals surface area contributed by atoms with Gasteiger partial charge in [-0.3, -0.25) is 4.98 Å². The highest BCUT2D eigenvalue weighted by atomic mass is 16.5. The quantitative estimate of drug-likeness (QED) is 0.822. The molecule has 0 fully saturated rings. The summed E-state index contributed by atoms with van der Waals surface area (Å²) in [6.45, 7) is 1.90. The molecule has 0 aliphatic heterocycles. The summed E-state index contributed by atoms with van der Waals surface area (Å²) in [5.74, 6) is -0.118. The second-order valence-electron chi connectivity index (χ2n) is 3.61. The van der Waals surface area contributed by atoms with Crippen molar-refractivity contribution in [2.24, 2.45) is 0 Å². The molecule has 0 unspecified atom stereocenters. The van der Waals surface area contributed by atoms with E-state index in [1.807, 2.05) is 0 Å². The summed E-state index contributed by atoms with van der Waals surface area (Å²) in [6.07, 6.45) is 0. The molecule has 0 spiro atoms. The van der Waals surface area contributed by atoms with Gasteiger partial charge in [-0.15, -0.1) is 5.10 Å². The Hall–Kier alpha value is -2.57. The number of methoxy groups -OCH3 is 1. The number of ether oxygens (including phenoxy) is 2. The molecule has 0 bridgehead atoms. The molecule has 1 aromatic heterocycles. The zero-order valence-electron chi connectivity index (χ0n) is 10.5. The van der Waals surface area contributed by atoms with Crippen LogP contribution in [0.3, 0.4) is 0 Å². The zero-order chi connectivity index (χ0) is 13.8. The van der Waals surface area contributed by atoms with Crippen molar-refractivity contribution in [3.8, 4) is 11.4 Å². The Morgan fingerprint density at radius 1 is 1.37 bits per heavy atom. The number of aromatic amines is 1. The standard InChI is InChI=1S/C12H13N3O4/c1-3-19-11(16)10-13-12(17)15(14-10)8-4-6-9(18-2)7-5-8/h4-7H,3H2,1-2H3,(H,13,14,17). The molecule has 0 aliphatic rings. The van der Waals surface area contributed by atoms with Crippen molar-refractivity contribution in [1.82, 2.24) is 14.8 Å². The van der Waals surface area contributed by atoms with Crippen LogP contribution in [0.2, 0.25) is 0 Å². The van der Waals surface area contributed by atoms with Gasteiger partial charge in [0.15, 0.2) is 0 Å². The molecule has 7 nitrogen and oxygen atoms in total. The van der Waals surface area contributed by atoms with E-state index in [4.69, 9.17) is 9.47 Å². The molecule has 7 heteroatoms. The average molecular weight is 263 g/mol. The Kier molecular flexibility index (Phi) is 3.65. The summed E-state index contributed by atoms with van der Waals surface area (Å²) >= 11 is 0. The van der Waals surface area contributed by atoms with Gasteiger partial charge in [0.1, 0.15) is 5.75 Å². The highest BCUT2D eigenvalue weighted by Gasteiger charge is 2.14. The first kappa shape index (κ1) is 12.9. The molecule has 1 N–H and O–H groups in total. The van der Waals surface area contributed by atoms with Gasteiger partial charge in [-0.25, -0.2) is 9.59 Å². The maximum atomic E-state index is 11.7. The van der Waals surface area contributed by atoms with Gasteiger partial charge in [0.05, 0.1) is 19.4 Å². The third-order valence-electron chi connectivity index (χ3n) is 2.40. The molecule has 19 heavy (non-hydrogen) atoms. The number of nitrogens with zero attached hydrogens (tertiary/aromatic N) is 2. The number of rotatable bonds is 4. The van der Waals surface area contributed by atoms with E-state index in [1.165, 1.54) is 0 Å². The number of aromatic nitrogens is 3. The molecular weight excluding hydrogens is 250 g/mol. The van der Waals surface area contributed by atoms with Crippen molar-refractivity contribution in [1.29, 1.82) is 0 Å². The number of H-pyrrole nitrogens is 1. The number of hydrogen-bond donors (Lipinski definition) is 1. The molecule has 0 saturated heterocycles. The number of nitrogens with one attached hydrogen (secondary N) is 1. The lowest BCUT2D eigenvalue weighted by atomic mass is 10.3. The third kappa shape index (κ3) is 2.65. The minimum atomic E-state index is -0.660. The van der Waals surface area contributed by atoms with Gasteiger partial charge in [0.25, 0.3) is 0 Å². The highest BCUT2D eigenvalue weighted by Crippen LogP contribution is 2.12. The van der Waals surface area contributed by atoms with Crippen LogP contribution >= 0.6 is 0 Å². The maximum Gasteiger partial charge on any atom is 0.376 e. The second kappa shape index (κ2) is 5.38. The van der Waals surface area contributed by atoms with E-state index in [2.05, 4.69) is 10.1 Å². The molecule has 100 valence electrons. The second-order valence-corrected chi connectivity index (χ2v) is 3.61. The van der Waals surface area contributed by atoms with Crippen molar-refractivity contribution in [2.45, 2.75) is 6.92 Å². The molecule has 0 saturated carbocycles. The fourth-order valence-electron chi connectivity index (χ4n) is 1.51. The lowest BCUT2D eigenvalue weighted by molar-refractivity contribution is 0.0512. The number of benzene rings is 1. The summed E-state index contributed by atoms with van der Waals surface area (Å²) in [5.41, 5.74) is 0.0193. The topological polar surface area (TPSA) is 86.2 Å². The van der Waals surface area contributed by atoms with Crippen molar-refractivity contribution >= 4 is 5.97 Å². The maximum absolute atomic E-state index is 11.7. The number of hydrogen-bond acceptors (Lipinski definition) is 5. The van der Waals surface area contributed by atoms with E-state index < -0.39 is 11.7 Å². The first-order chi connectivity index (χ1) is 9.15. The SMILES string of the molecule is CCOC(=O)c1nn(-c2ccc(OC)cc2)c(=O)[nH]1. The molecule has 0 amide bonds. The van der Waals surface area contributed by atoms with E-state index in [-0.39, 0.29) is 12.4 Å². The summed E-state index contributed by atoms with van der Waals surface area (Å²) in [7, 11) is 1.55. The molecule has 0 atom stereocenters. The van der Waals surface area contributed by atoms with Crippen LogP contribution in [0.1, 0.15) is 17.5 Å². The van der Waals surface area contributed by atoms with Crippen LogP contribution in [0.25, 0.3) is 5.69 Å². The Bertz CT molecular complexity index is 627. The third-order valence-corrected chi connectivity index (χ3v) is 2.40. The fourth-order valence-corrected chi connectivity index (χ4v) is 1.51. The Balaban J connectivity index is 2.34. The van der Waals surface area contributed by atoms with Gasteiger partial charge in [0, 0.05) is 0 Å². The van der Waals surface area contributed by atoms with Crippen LogP contribution in [-0.4, -0.2) is 34.5 Å². The smallest absolute Gasteiger partial charge is 0.376 e. The molecule has 2 aromatic rings. The van der Waals surface area contributed by atoms with Gasteiger partial charge >= 0.3 is 11.7 Å². The predicted molar refractivity (Wildman–Crippen MR) is 66.7 cm³/mol. The van der Waals surface area contributed by atoms with Gasteiger partial charge < -0.3 is 9.47 Å². The first-order valence-corrected chi connectivity index (χ1v) is 5.66. The number of esters is 1. The molecule has 0 aliphatic carbocycles. The van der Waals surface area contributed by atoms with Crippen LogP contribution in [0.4, 0.5) is 0 Å². The van der Waals surface area contributed by atoms with E-state index in [9.17, 15) is 9.59 Å². The molecule has 0 radical (unpaired) electrons. The minimum Gasteiger partial charge on any atom is -0.497 e. The van der Waals surface area contributed by atoms with Crippen molar-refractivity contribution in [3.05, 3.63) is 40.6 Å². The minimum absolute atomic E-state index is 0.123. The normalized spacial score (nSPS) is 10.2. The molecular formula is C12H13N3O4. The zero-order valence-corrected chi connectivity index (χ0v) is 10.5. The largest absolute Gasteiger partial charge is 0.497 e. The Morgan fingerprint density at radius 3 is 2.63 bits per heavy atom. The molecule has 1 heterocycles. The van der Waals surface area contributed by atoms with E-state index in [1.54, 1.807) is 38.3 Å². The number of carbonyl (C=O) groups is 1. The lowest BCUT2D eigenvalue weighted by Crippen LogP contribution is -2.15. The van der Waals surface area contributed by atoms with Crippen LogP contribution in [0.5, 0.6) is 5.75 Å². The van der Waals surface area contributed by atoms with Gasteiger partial charge in [-0.1, -0.05) is 0 Å². The predicted octanol–water partition coefficient (Wildman–Crippen LogP) is 0.746. The van der Waals surface area contributed by atoms with Crippen molar-refractivity contribution in [2.75, 3.05) is 13.7 Å². The van der Waals surface area contributed by atoms with Gasteiger partial charge in [-0.2, -0.15) is 4.68 Å². The lowest BCUT2D eigenvalue weighted by Gasteiger charge is -2.01. The van der Waals surface area contributed by atoms with E-state index in [0.717, 1.165) is 4.68 Å².